The van der Waals surface area contributed by atoms with Crippen LogP contribution in [0.5, 0.6) is 0 Å². The molecule has 3 atom stereocenters. The first-order chi connectivity index (χ1) is 8.49. The van der Waals surface area contributed by atoms with Gasteiger partial charge in [0.2, 0.25) is 5.91 Å². The van der Waals surface area contributed by atoms with E-state index in [1.807, 2.05) is 13.8 Å². The molecule has 1 heterocycles. The SMILES string of the molecule is CCC(CC)NC(=O)C(C)N1CCC(C(C)O)C1. The highest BCUT2D eigenvalue weighted by Gasteiger charge is 2.31. The largest absolute Gasteiger partial charge is 0.393 e. The van der Waals surface area contributed by atoms with Gasteiger partial charge in [0.25, 0.3) is 0 Å². The summed E-state index contributed by atoms with van der Waals surface area (Å²) in [5.41, 5.74) is 0. The third-order valence-corrected chi connectivity index (χ3v) is 4.20. The molecule has 0 aromatic rings. The van der Waals surface area contributed by atoms with Crippen molar-refractivity contribution in [2.24, 2.45) is 5.92 Å². The number of aliphatic hydroxyl groups is 1. The van der Waals surface area contributed by atoms with Crippen LogP contribution in [0.1, 0.15) is 47.0 Å². The fourth-order valence-electron chi connectivity index (χ4n) is 2.54. The molecule has 1 amide bonds. The van der Waals surface area contributed by atoms with Crippen molar-refractivity contribution in [2.75, 3.05) is 13.1 Å². The number of carbonyl (C=O) groups is 1. The molecule has 4 nitrogen and oxygen atoms in total. The highest BCUT2D eigenvalue weighted by molar-refractivity contribution is 5.81. The third-order valence-electron chi connectivity index (χ3n) is 4.20. The van der Waals surface area contributed by atoms with Gasteiger partial charge in [0, 0.05) is 12.6 Å². The fraction of sp³-hybridized carbons (Fsp3) is 0.929. The second-order valence-corrected chi connectivity index (χ2v) is 5.48. The van der Waals surface area contributed by atoms with Gasteiger partial charge in [-0.15, -0.1) is 0 Å². The van der Waals surface area contributed by atoms with Crippen molar-refractivity contribution >= 4 is 5.91 Å². The van der Waals surface area contributed by atoms with Gasteiger partial charge >= 0.3 is 0 Å². The molecule has 106 valence electrons. The van der Waals surface area contributed by atoms with Crippen LogP contribution < -0.4 is 5.32 Å². The van der Waals surface area contributed by atoms with Crippen LogP contribution >= 0.6 is 0 Å². The van der Waals surface area contributed by atoms with E-state index in [0.29, 0.717) is 5.92 Å². The molecule has 1 aliphatic rings. The molecule has 18 heavy (non-hydrogen) atoms. The average molecular weight is 256 g/mol. The summed E-state index contributed by atoms with van der Waals surface area (Å²) in [6.07, 6.45) is 2.67. The molecule has 1 fully saturated rings. The van der Waals surface area contributed by atoms with E-state index in [0.717, 1.165) is 32.4 Å². The standard InChI is InChI=1S/C14H28N2O2/c1-5-13(6-2)15-14(18)10(3)16-8-7-12(9-16)11(4)17/h10-13,17H,5-9H2,1-4H3,(H,15,18). The maximum atomic E-state index is 12.1. The van der Waals surface area contributed by atoms with Gasteiger partial charge < -0.3 is 10.4 Å². The Labute approximate surface area is 111 Å². The number of amides is 1. The predicted molar refractivity (Wildman–Crippen MR) is 73.3 cm³/mol. The summed E-state index contributed by atoms with van der Waals surface area (Å²) < 4.78 is 0. The molecular formula is C14H28N2O2. The van der Waals surface area contributed by atoms with Crippen molar-refractivity contribution < 1.29 is 9.90 Å². The van der Waals surface area contributed by atoms with Crippen molar-refractivity contribution in [3.05, 3.63) is 0 Å². The number of rotatable bonds is 6. The summed E-state index contributed by atoms with van der Waals surface area (Å²) in [4.78, 5) is 14.3. The lowest BCUT2D eigenvalue weighted by atomic mass is 10.0. The highest BCUT2D eigenvalue weighted by atomic mass is 16.3. The summed E-state index contributed by atoms with van der Waals surface area (Å²) in [6.45, 7) is 9.73. The minimum absolute atomic E-state index is 0.0886. The van der Waals surface area contributed by atoms with E-state index < -0.39 is 0 Å². The van der Waals surface area contributed by atoms with Gasteiger partial charge in [0.1, 0.15) is 0 Å². The Balaban J connectivity index is 2.45. The van der Waals surface area contributed by atoms with Crippen molar-refractivity contribution in [3.63, 3.8) is 0 Å². The zero-order valence-electron chi connectivity index (χ0n) is 12.1. The van der Waals surface area contributed by atoms with Crippen LogP contribution in [0.25, 0.3) is 0 Å². The normalized spacial score (nSPS) is 24.2. The quantitative estimate of drug-likeness (QED) is 0.755. The lowest BCUT2D eigenvalue weighted by molar-refractivity contribution is -0.126. The lowest BCUT2D eigenvalue weighted by Gasteiger charge is -2.26. The van der Waals surface area contributed by atoms with Crippen LogP contribution in [-0.2, 0) is 4.79 Å². The number of hydrogen-bond donors (Lipinski definition) is 2. The molecule has 0 radical (unpaired) electrons. The second-order valence-electron chi connectivity index (χ2n) is 5.48. The molecule has 0 aromatic heterocycles. The number of nitrogens with one attached hydrogen (secondary N) is 1. The monoisotopic (exact) mass is 256 g/mol. The van der Waals surface area contributed by atoms with Gasteiger partial charge in [-0.05, 0) is 45.6 Å². The maximum Gasteiger partial charge on any atom is 0.237 e. The molecule has 2 N–H and O–H groups in total. The van der Waals surface area contributed by atoms with Gasteiger partial charge in [-0.1, -0.05) is 13.8 Å². The van der Waals surface area contributed by atoms with Gasteiger partial charge in [-0.25, -0.2) is 0 Å². The second kappa shape index (κ2) is 7.10. The first-order valence-corrected chi connectivity index (χ1v) is 7.22. The minimum atomic E-state index is -0.274. The van der Waals surface area contributed by atoms with E-state index in [2.05, 4.69) is 24.1 Å². The van der Waals surface area contributed by atoms with Crippen LogP contribution in [0, 0.1) is 5.92 Å². The Morgan fingerprint density at radius 1 is 1.39 bits per heavy atom. The number of aliphatic hydroxyl groups excluding tert-OH is 1. The van der Waals surface area contributed by atoms with Crippen LogP contribution in [0.15, 0.2) is 0 Å². The van der Waals surface area contributed by atoms with Gasteiger partial charge in [-0.2, -0.15) is 0 Å². The predicted octanol–water partition coefficient (Wildman–Crippen LogP) is 1.38. The van der Waals surface area contributed by atoms with Gasteiger partial charge in [-0.3, -0.25) is 9.69 Å². The van der Waals surface area contributed by atoms with Crippen molar-refractivity contribution in [3.8, 4) is 0 Å². The van der Waals surface area contributed by atoms with Gasteiger partial charge in [0.15, 0.2) is 0 Å². The Hall–Kier alpha value is -0.610. The maximum absolute atomic E-state index is 12.1. The van der Waals surface area contributed by atoms with E-state index in [1.165, 1.54) is 0 Å². The fourth-order valence-corrected chi connectivity index (χ4v) is 2.54. The van der Waals surface area contributed by atoms with E-state index in [1.54, 1.807) is 0 Å². The Kier molecular flexibility index (Phi) is 6.09. The molecule has 1 aliphatic heterocycles. The molecule has 4 heteroatoms. The Morgan fingerprint density at radius 2 is 2.00 bits per heavy atom. The van der Waals surface area contributed by atoms with Crippen molar-refractivity contribution in [2.45, 2.75) is 65.1 Å². The van der Waals surface area contributed by atoms with E-state index in [9.17, 15) is 9.90 Å². The number of carbonyl (C=O) groups excluding carboxylic acids is 1. The Bertz CT molecular complexity index is 265. The Morgan fingerprint density at radius 3 is 2.44 bits per heavy atom. The average Bonchev–Trinajstić information content (AvgIpc) is 2.84. The molecule has 1 rings (SSSR count). The number of nitrogens with zero attached hydrogens (tertiary/aromatic N) is 1. The van der Waals surface area contributed by atoms with E-state index in [4.69, 9.17) is 0 Å². The zero-order chi connectivity index (χ0) is 13.7. The number of hydrogen-bond acceptors (Lipinski definition) is 3. The molecule has 0 spiro atoms. The van der Waals surface area contributed by atoms with Crippen LogP contribution in [0.4, 0.5) is 0 Å². The highest BCUT2D eigenvalue weighted by Crippen LogP contribution is 2.21. The van der Waals surface area contributed by atoms with Crippen LogP contribution in [-0.4, -0.2) is 47.2 Å². The molecule has 0 aliphatic carbocycles. The smallest absolute Gasteiger partial charge is 0.237 e. The molecule has 0 saturated carbocycles. The zero-order valence-corrected chi connectivity index (χ0v) is 12.1. The van der Waals surface area contributed by atoms with Crippen LogP contribution in [0.3, 0.4) is 0 Å². The van der Waals surface area contributed by atoms with E-state index >= 15 is 0 Å². The summed E-state index contributed by atoms with van der Waals surface area (Å²) in [6, 6.07) is 0.199. The topological polar surface area (TPSA) is 52.6 Å². The number of likely N-dealkylation sites (tertiary alicyclic amines) is 1. The first-order valence-electron chi connectivity index (χ1n) is 7.22. The van der Waals surface area contributed by atoms with Crippen molar-refractivity contribution in [1.29, 1.82) is 0 Å². The minimum Gasteiger partial charge on any atom is -0.393 e. The van der Waals surface area contributed by atoms with E-state index in [-0.39, 0.29) is 24.1 Å². The van der Waals surface area contributed by atoms with Crippen LogP contribution in [0.2, 0.25) is 0 Å². The molecule has 0 bridgehead atoms. The van der Waals surface area contributed by atoms with Gasteiger partial charge in [0.05, 0.1) is 12.1 Å². The molecule has 1 saturated heterocycles. The lowest BCUT2D eigenvalue weighted by Crippen LogP contribution is -2.47. The molecular weight excluding hydrogens is 228 g/mol. The summed E-state index contributed by atoms with van der Waals surface area (Å²) in [5, 5.41) is 12.7. The molecule has 3 unspecified atom stereocenters. The summed E-state index contributed by atoms with van der Waals surface area (Å²) in [7, 11) is 0. The summed E-state index contributed by atoms with van der Waals surface area (Å²) in [5.74, 6) is 0.434. The first kappa shape index (κ1) is 15.4. The van der Waals surface area contributed by atoms with Crippen molar-refractivity contribution in [1.82, 2.24) is 10.2 Å². The molecule has 0 aromatic carbocycles. The summed E-state index contributed by atoms with van der Waals surface area (Å²) >= 11 is 0. The third kappa shape index (κ3) is 3.95.